The topological polar surface area (TPSA) is 94.7 Å². The molecule has 0 atom stereocenters. The number of urea groups is 1. The molecule has 7 nitrogen and oxygen atoms in total. The molecular weight excluding hydrogens is 475 g/mol. The number of methoxy groups -OCH3 is 1. The van der Waals surface area contributed by atoms with Crippen LogP contribution in [0.4, 0.5) is 25.0 Å². The zero-order valence-corrected chi connectivity index (χ0v) is 18.0. The summed E-state index contributed by atoms with van der Waals surface area (Å²) in [7, 11) is 1.45. The average molecular weight is 493 g/mol. The Balaban J connectivity index is 0.00000324. The third kappa shape index (κ3) is 5.20. The van der Waals surface area contributed by atoms with Gasteiger partial charge in [-0.2, -0.15) is 0 Å². The molecule has 0 bridgehead atoms. The monoisotopic (exact) mass is 493 g/mol. The molecule has 2 amide bonds. The van der Waals surface area contributed by atoms with E-state index in [4.69, 9.17) is 9.84 Å². The Bertz CT molecular complexity index is 1340. The second-order valence-corrected chi connectivity index (χ2v) is 7.45. The summed E-state index contributed by atoms with van der Waals surface area (Å²) in [5.41, 5.74) is 2.41. The summed E-state index contributed by atoms with van der Waals surface area (Å²) >= 11 is 4.20. The van der Waals surface area contributed by atoms with E-state index in [2.05, 4.69) is 23.1 Å². The number of aromatic amines is 1. The molecule has 0 unspecified atom stereocenters. The number of aromatic nitrogens is 1. The minimum atomic E-state index is -1.08. The van der Waals surface area contributed by atoms with Gasteiger partial charge in [-0.25, -0.2) is 22.7 Å². The summed E-state index contributed by atoms with van der Waals surface area (Å²) in [5.74, 6) is -2.60. The number of halogens is 2. The van der Waals surface area contributed by atoms with Crippen molar-refractivity contribution in [2.24, 2.45) is 0 Å². The molecule has 3 N–H and O–H groups in total. The second-order valence-electron chi connectivity index (χ2n) is 7.05. The van der Waals surface area contributed by atoms with Gasteiger partial charge in [-0.3, -0.25) is 0 Å². The minimum absolute atomic E-state index is 0. The Morgan fingerprint density at radius 1 is 1.03 bits per heavy atom. The van der Waals surface area contributed by atoms with Crippen molar-refractivity contribution >= 4 is 76.7 Å². The molecule has 1 aromatic heterocycles. The van der Waals surface area contributed by atoms with Gasteiger partial charge in [0.15, 0.2) is 11.6 Å². The van der Waals surface area contributed by atoms with Gasteiger partial charge in [0.1, 0.15) is 5.75 Å². The van der Waals surface area contributed by atoms with E-state index >= 15 is 0 Å². The van der Waals surface area contributed by atoms with Crippen molar-refractivity contribution in [1.29, 1.82) is 0 Å². The molecule has 4 aromatic rings. The van der Waals surface area contributed by atoms with Gasteiger partial charge in [-0.1, -0.05) is 12.8 Å². The molecule has 0 aliphatic rings. The van der Waals surface area contributed by atoms with Crippen molar-refractivity contribution in [1.82, 2.24) is 4.98 Å². The van der Waals surface area contributed by atoms with Crippen molar-refractivity contribution in [3.8, 4) is 17.0 Å². The predicted octanol–water partition coefficient (Wildman–Crippen LogP) is 5.05. The van der Waals surface area contributed by atoms with E-state index in [1.165, 1.54) is 31.4 Å². The number of carbonyl (C=O) groups is 2. The van der Waals surface area contributed by atoms with E-state index in [1.54, 1.807) is 24.3 Å². The van der Waals surface area contributed by atoms with Gasteiger partial charge >= 0.3 is 41.6 Å². The third-order valence-corrected chi connectivity index (χ3v) is 5.38. The third-order valence-electron chi connectivity index (χ3n) is 4.96. The zero-order chi connectivity index (χ0) is 23.7. The number of carboxylic acids is 1. The van der Waals surface area contributed by atoms with Crippen LogP contribution in [0.15, 0.2) is 60.7 Å². The molecular formula is C23H18F2N3NaO4S. The van der Waals surface area contributed by atoms with E-state index < -0.39 is 23.6 Å². The van der Waals surface area contributed by atoms with Gasteiger partial charge in [0.2, 0.25) is 0 Å². The van der Waals surface area contributed by atoms with Gasteiger partial charge in [0.05, 0.1) is 24.0 Å². The van der Waals surface area contributed by atoms with Gasteiger partial charge in [0, 0.05) is 28.2 Å². The number of benzene rings is 3. The van der Waals surface area contributed by atoms with Crippen LogP contribution in [-0.4, -0.2) is 58.8 Å². The van der Waals surface area contributed by atoms with Gasteiger partial charge in [-0.05, 0) is 54.6 Å². The van der Waals surface area contributed by atoms with E-state index in [1.807, 2.05) is 0 Å². The van der Waals surface area contributed by atoms with Crippen molar-refractivity contribution in [2.75, 3.05) is 16.7 Å². The maximum absolute atomic E-state index is 13.5. The molecule has 0 radical (unpaired) electrons. The Hall–Kier alpha value is -3.05. The first-order valence-corrected chi connectivity index (χ1v) is 9.96. The van der Waals surface area contributed by atoms with Crippen LogP contribution in [0.25, 0.3) is 22.2 Å². The first-order valence-electron chi connectivity index (χ1n) is 9.56. The number of rotatable bonds is 5. The van der Waals surface area contributed by atoms with Crippen molar-refractivity contribution < 1.29 is 28.2 Å². The molecule has 0 aliphatic heterocycles. The molecule has 0 saturated heterocycles. The van der Waals surface area contributed by atoms with Crippen LogP contribution in [0, 0.1) is 11.6 Å². The fourth-order valence-electron chi connectivity index (χ4n) is 3.29. The Labute approximate surface area is 220 Å². The first kappa shape index (κ1) is 25.6. The molecule has 0 saturated carbocycles. The van der Waals surface area contributed by atoms with Crippen LogP contribution in [0.1, 0.15) is 10.4 Å². The number of fused-ring (bicyclic) bond motifs is 1. The summed E-state index contributed by atoms with van der Waals surface area (Å²) in [4.78, 5) is 26.8. The number of nitrogens with one attached hydrogen (secondary N) is 2. The molecule has 0 spiro atoms. The van der Waals surface area contributed by atoms with Gasteiger partial charge in [-0.15, -0.1) is 0 Å². The summed E-state index contributed by atoms with van der Waals surface area (Å²) in [6.07, 6.45) is 0. The zero-order valence-electron chi connectivity index (χ0n) is 17.1. The number of hydrogen-bond acceptors (Lipinski definition) is 4. The Morgan fingerprint density at radius 3 is 2.35 bits per heavy atom. The molecule has 34 heavy (non-hydrogen) atoms. The number of carbonyl (C=O) groups excluding carboxylic acids is 1. The van der Waals surface area contributed by atoms with Crippen molar-refractivity contribution in [3.05, 3.63) is 77.9 Å². The number of aromatic carboxylic acids is 1. The van der Waals surface area contributed by atoms with Gasteiger partial charge < -0.3 is 20.1 Å². The molecule has 170 valence electrons. The number of hydrogen-bond donors (Lipinski definition) is 4. The number of ether oxygens (including phenoxy) is 1. The number of thiol groups is 1. The van der Waals surface area contributed by atoms with E-state index in [0.29, 0.717) is 39.3 Å². The number of nitrogens with zero attached hydrogens (tertiary/aromatic N) is 1. The fourth-order valence-corrected chi connectivity index (χ4v) is 3.47. The van der Waals surface area contributed by atoms with Crippen molar-refractivity contribution in [3.63, 3.8) is 0 Å². The SMILES string of the molecule is COc1ccc(-c2cc3cc(F)c(F)cc3[nH]2)cc1NC(=O)N(S)c1ccc(C(=O)O)cc1.[NaH]. The van der Waals surface area contributed by atoms with Crippen LogP contribution in [0.3, 0.4) is 0 Å². The quantitative estimate of drug-likeness (QED) is 0.231. The van der Waals surface area contributed by atoms with Crippen LogP contribution in [0.2, 0.25) is 0 Å². The van der Waals surface area contributed by atoms with Crippen molar-refractivity contribution in [2.45, 2.75) is 0 Å². The summed E-state index contributed by atoms with van der Waals surface area (Å²) < 4.78 is 33.4. The maximum atomic E-state index is 13.5. The van der Waals surface area contributed by atoms with Crippen LogP contribution < -0.4 is 14.4 Å². The Morgan fingerprint density at radius 2 is 1.71 bits per heavy atom. The summed E-state index contributed by atoms with van der Waals surface area (Å²) in [6.45, 7) is 0. The molecule has 11 heteroatoms. The average Bonchev–Trinajstić information content (AvgIpc) is 3.21. The summed E-state index contributed by atoms with van der Waals surface area (Å²) in [6, 6.07) is 13.9. The standard InChI is InChI=1S/C23H17F2N3O4S.Na.H/c1-32-21-7-4-13(18-10-14-8-16(24)17(25)11-19(14)26-18)9-20(21)27-23(31)28(33)15-5-2-12(3-6-15)22(29)30;;/h2-11,26,33H,1H3,(H,27,31)(H,29,30);;. The number of carboxylic acid groups (broad SMARTS) is 1. The normalized spacial score (nSPS) is 10.5. The molecule has 3 aromatic carbocycles. The first-order chi connectivity index (χ1) is 15.8. The molecule has 0 aliphatic carbocycles. The van der Waals surface area contributed by atoms with E-state index in [9.17, 15) is 18.4 Å². The number of H-pyrrole nitrogens is 1. The molecule has 1 heterocycles. The molecule has 4 rings (SSSR count). The summed E-state index contributed by atoms with van der Waals surface area (Å²) in [5, 5.41) is 12.2. The van der Waals surface area contributed by atoms with Crippen LogP contribution in [0.5, 0.6) is 5.75 Å². The van der Waals surface area contributed by atoms with Crippen LogP contribution in [-0.2, 0) is 0 Å². The van der Waals surface area contributed by atoms with E-state index in [0.717, 1.165) is 16.4 Å². The van der Waals surface area contributed by atoms with Gasteiger partial charge in [0.25, 0.3) is 0 Å². The fraction of sp³-hybridized carbons (Fsp3) is 0.0435. The van der Waals surface area contributed by atoms with E-state index in [-0.39, 0.29) is 35.1 Å². The molecule has 0 fully saturated rings. The second kappa shape index (κ2) is 10.5. The van der Waals surface area contributed by atoms with Crippen LogP contribution >= 0.6 is 12.8 Å². The number of amides is 2. The predicted molar refractivity (Wildman–Crippen MR) is 131 cm³/mol. The number of anilines is 2. The Kier molecular flexibility index (Phi) is 7.88.